The fourth-order valence-corrected chi connectivity index (χ4v) is 3.08. The smallest absolute Gasteiger partial charge is 0.261 e. The standard InChI is InChI=1S/C15H14N2O3S/c16-12-4-7-14(8-5-12)21(18,19)17-13-6-3-11-2-1-9-20-15(11)10-13/h1-8,10,17H,9,16H2. The van der Waals surface area contributed by atoms with E-state index in [-0.39, 0.29) is 4.90 Å². The SMILES string of the molecule is Nc1ccc(S(=O)(=O)Nc2ccc3c(c2)OCC=C3)cc1. The molecule has 0 saturated heterocycles. The molecule has 1 aliphatic rings. The van der Waals surface area contributed by atoms with Crippen molar-refractivity contribution >= 4 is 27.5 Å². The number of sulfonamides is 1. The zero-order valence-corrected chi connectivity index (χ0v) is 11.9. The van der Waals surface area contributed by atoms with Crippen LogP contribution in [0.2, 0.25) is 0 Å². The molecule has 0 atom stereocenters. The second kappa shape index (κ2) is 5.14. The van der Waals surface area contributed by atoms with Gasteiger partial charge in [0.05, 0.1) is 10.6 Å². The van der Waals surface area contributed by atoms with Gasteiger partial charge in [0.2, 0.25) is 0 Å². The average Bonchev–Trinajstić information content (AvgIpc) is 2.47. The number of hydrogen-bond acceptors (Lipinski definition) is 4. The molecule has 3 N–H and O–H groups in total. The largest absolute Gasteiger partial charge is 0.489 e. The molecule has 0 fully saturated rings. The number of nitrogens with two attached hydrogens (primary N) is 1. The zero-order valence-electron chi connectivity index (χ0n) is 11.1. The summed E-state index contributed by atoms with van der Waals surface area (Å²) in [7, 11) is -3.64. The van der Waals surface area contributed by atoms with Crippen LogP contribution in [0.5, 0.6) is 5.75 Å². The maximum absolute atomic E-state index is 12.3. The Morgan fingerprint density at radius 1 is 1.10 bits per heavy atom. The maximum atomic E-state index is 12.3. The third-order valence-electron chi connectivity index (χ3n) is 3.09. The second-order valence-corrected chi connectivity index (χ2v) is 6.32. The molecule has 0 unspecified atom stereocenters. The summed E-state index contributed by atoms with van der Waals surface area (Å²) in [5, 5.41) is 0. The minimum Gasteiger partial charge on any atom is -0.489 e. The lowest BCUT2D eigenvalue weighted by molar-refractivity contribution is 0.359. The van der Waals surface area contributed by atoms with Crippen molar-refractivity contribution < 1.29 is 13.2 Å². The van der Waals surface area contributed by atoms with E-state index in [0.717, 1.165) is 5.56 Å². The highest BCUT2D eigenvalue weighted by atomic mass is 32.2. The van der Waals surface area contributed by atoms with Gasteiger partial charge >= 0.3 is 0 Å². The molecule has 0 aliphatic carbocycles. The molecule has 6 heteroatoms. The number of anilines is 2. The van der Waals surface area contributed by atoms with Gasteiger partial charge in [-0.05, 0) is 42.5 Å². The molecule has 1 aliphatic heterocycles. The Kier molecular flexibility index (Phi) is 3.31. The lowest BCUT2D eigenvalue weighted by atomic mass is 10.1. The Bertz CT molecular complexity index is 796. The van der Waals surface area contributed by atoms with Crippen molar-refractivity contribution in [3.63, 3.8) is 0 Å². The number of nitrogens with one attached hydrogen (secondary N) is 1. The van der Waals surface area contributed by atoms with E-state index in [2.05, 4.69) is 4.72 Å². The quantitative estimate of drug-likeness (QED) is 0.853. The lowest BCUT2D eigenvalue weighted by Gasteiger charge is -2.14. The molecule has 21 heavy (non-hydrogen) atoms. The van der Waals surface area contributed by atoms with Crippen molar-refractivity contribution in [3.05, 3.63) is 54.1 Å². The maximum Gasteiger partial charge on any atom is 0.261 e. The predicted molar refractivity (Wildman–Crippen MR) is 82.6 cm³/mol. The first kappa shape index (κ1) is 13.5. The summed E-state index contributed by atoms with van der Waals surface area (Å²) in [5.74, 6) is 0.662. The summed E-state index contributed by atoms with van der Waals surface area (Å²) in [6.45, 7) is 0.487. The number of nitrogen functional groups attached to an aromatic ring is 1. The molecule has 1 heterocycles. The monoisotopic (exact) mass is 302 g/mol. The van der Waals surface area contributed by atoms with Gasteiger partial charge in [-0.15, -0.1) is 0 Å². The third-order valence-corrected chi connectivity index (χ3v) is 4.49. The lowest BCUT2D eigenvalue weighted by Crippen LogP contribution is -2.13. The highest BCUT2D eigenvalue weighted by Crippen LogP contribution is 2.28. The number of fused-ring (bicyclic) bond motifs is 1. The Labute approximate surface area is 123 Å². The van der Waals surface area contributed by atoms with E-state index < -0.39 is 10.0 Å². The van der Waals surface area contributed by atoms with Crippen LogP contribution in [0, 0.1) is 0 Å². The summed E-state index contributed by atoms with van der Waals surface area (Å²) >= 11 is 0. The van der Waals surface area contributed by atoms with Crippen LogP contribution in [0.3, 0.4) is 0 Å². The summed E-state index contributed by atoms with van der Waals surface area (Å²) < 4.78 is 32.5. The first-order valence-corrected chi connectivity index (χ1v) is 7.85. The molecule has 3 rings (SSSR count). The Balaban J connectivity index is 1.89. The molecule has 0 radical (unpaired) electrons. The topological polar surface area (TPSA) is 81.4 Å². The summed E-state index contributed by atoms with van der Waals surface area (Å²) in [4.78, 5) is 0.162. The molecule has 2 aromatic carbocycles. The van der Waals surface area contributed by atoms with Crippen LogP contribution in [0.25, 0.3) is 6.08 Å². The molecule has 5 nitrogen and oxygen atoms in total. The number of rotatable bonds is 3. The van der Waals surface area contributed by atoms with E-state index in [0.29, 0.717) is 23.7 Å². The predicted octanol–water partition coefficient (Wildman–Crippen LogP) is 2.48. The second-order valence-electron chi connectivity index (χ2n) is 4.64. The summed E-state index contributed by atoms with van der Waals surface area (Å²) in [5.41, 5.74) is 7.46. The van der Waals surface area contributed by atoms with Gasteiger partial charge in [-0.2, -0.15) is 0 Å². The molecule has 0 aromatic heterocycles. The highest BCUT2D eigenvalue weighted by molar-refractivity contribution is 7.92. The normalized spacial score (nSPS) is 13.3. The molecule has 0 spiro atoms. The number of hydrogen-bond donors (Lipinski definition) is 2. The van der Waals surface area contributed by atoms with E-state index in [1.54, 1.807) is 24.3 Å². The van der Waals surface area contributed by atoms with Crippen LogP contribution >= 0.6 is 0 Å². The van der Waals surface area contributed by atoms with E-state index in [9.17, 15) is 8.42 Å². The van der Waals surface area contributed by atoms with Crippen molar-refractivity contribution in [2.24, 2.45) is 0 Å². The van der Waals surface area contributed by atoms with Crippen LogP contribution in [0.15, 0.2) is 53.4 Å². The number of benzene rings is 2. The molecule has 0 saturated carbocycles. The minimum atomic E-state index is -3.64. The zero-order chi connectivity index (χ0) is 14.9. The molecular formula is C15H14N2O3S. The fourth-order valence-electron chi connectivity index (χ4n) is 2.03. The molecule has 0 amide bonds. The van der Waals surface area contributed by atoms with Crippen molar-refractivity contribution in [3.8, 4) is 5.75 Å². The van der Waals surface area contributed by atoms with Crippen LogP contribution in [0.1, 0.15) is 5.56 Å². The van der Waals surface area contributed by atoms with E-state index in [1.807, 2.05) is 18.2 Å². The summed E-state index contributed by atoms with van der Waals surface area (Å²) in [6.07, 6.45) is 3.84. The van der Waals surface area contributed by atoms with Crippen LogP contribution in [-0.2, 0) is 10.0 Å². The van der Waals surface area contributed by atoms with Crippen LogP contribution < -0.4 is 15.2 Å². The Morgan fingerprint density at radius 2 is 1.86 bits per heavy atom. The van der Waals surface area contributed by atoms with Gasteiger partial charge in [-0.25, -0.2) is 8.42 Å². The first-order chi connectivity index (χ1) is 10.0. The molecule has 0 bridgehead atoms. The number of ether oxygens (including phenoxy) is 1. The van der Waals surface area contributed by atoms with E-state index in [4.69, 9.17) is 10.5 Å². The third kappa shape index (κ3) is 2.85. The van der Waals surface area contributed by atoms with Gasteiger partial charge in [0.1, 0.15) is 12.4 Å². The average molecular weight is 302 g/mol. The van der Waals surface area contributed by atoms with Gasteiger partial charge < -0.3 is 10.5 Å². The van der Waals surface area contributed by atoms with Crippen molar-refractivity contribution in [1.82, 2.24) is 0 Å². The highest BCUT2D eigenvalue weighted by Gasteiger charge is 2.15. The molecule has 2 aromatic rings. The van der Waals surface area contributed by atoms with Gasteiger partial charge in [-0.3, -0.25) is 4.72 Å². The van der Waals surface area contributed by atoms with Crippen LogP contribution in [-0.4, -0.2) is 15.0 Å². The van der Waals surface area contributed by atoms with Gasteiger partial charge in [0, 0.05) is 17.3 Å². The van der Waals surface area contributed by atoms with Crippen molar-refractivity contribution in [2.75, 3.05) is 17.1 Å². The molecular weight excluding hydrogens is 288 g/mol. The Morgan fingerprint density at radius 3 is 2.62 bits per heavy atom. The molecule has 108 valence electrons. The van der Waals surface area contributed by atoms with E-state index in [1.165, 1.54) is 12.1 Å². The van der Waals surface area contributed by atoms with Gasteiger partial charge in [-0.1, -0.05) is 6.08 Å². The Hall–Kier alpha value is -2.47. The summed E-state index contributed by atoms with van der Waals surface area (Å²) in [6, 6.07) is 11.2. The van der Waals surface area contributed by atoms with E-state index >= 15 is 0 Å². The van der Waals surface area contributed by atoms with Crippen LogP contribution in [0.4, 0.5) is 11.4 Å². The first-order valence-electron chi connectivity index (χ1n) is 6.36. The van der Waals surface area contributed by atoms with Gasteiger partial charge in [0.15, 0.2) is 0 Å². The minimum absolute atomic E-state index is 0.162. The van der Waals surface area contributed by atoms with Crippen molar-refractivity contribution in [1.29, 1.82) is 0 Å². The van der Waals surface area contributed by atoms with Gasteiger partial charge in [0.25, 0.3) is 10.0 Å². The van der Waals surface area contributed by atoms with Crippen molar-refractivity contribution in [2.45, 2.75) is 4.90 Å². The fraction of sp³-hybridized carbons (Fsp3) is 0.0667.